The van der Waals surface area contributed by atoms with E-state index in [4.69, 9.17) is 0 Å². The number of aryl methyl sites for hydroxylation is 2. The molecule has 1 aromatic heterocycles. The number of anilines is 1. The molecule has 1 saturated heterocycles. The highest BCUT2D eigenvalue weighted by atomic mass is 16.2. The highest BCUT2D eigenvalue weighted by molar-refractivity contribution is 6.04. The minimum Gasteiger partial charge on any atom is -0.339 e. The monoisotopic (exact) mass is 380 g/mol. The molecule has 0 bridgehead atoms. The summed E-state index contributed by atoms with van der Waals surface area (Å²) in [5.41, 5.74) is 3.33. The molecule has 1 aliphatic heterocycles. The van der Waals surface area contributed by atoms with E-state index in [1.807, 2.05) is 32.0 Å². The summed E-state index contributed by atoms with van der Waals surface area (Å²) in [4.78, 5) is 44.3. The Bertz CT molecular complexity index is 918. The molecule has 0 unspecified atom stereocenters. The highest BCUT2D eigenvalue weighted by Gasteiger charge is 2.24. The Labute approximate surface area is 164 Å². The summed E-state index contributed by atoms with van der Waals surface area (Å²) >= 11 is 0. The summed E-state index contributed by atoms with van der Waals surface area (Å²) in [6.45, 7) is 7.44. The number of carbonyl (C=O) groups is 3. The van der Waals surface area contributed by atoms with Crippen molar-refractivity contribution in [2.75, 3.05) is 31.5 Å². The fraction of sp³-hybridized carbons (Fsp3) is 0.333. The highest BCUT2D eigenvalue weighted by Crippen LogP contribution is 2.15. The van der Waals surface area contributed by atoms with Crippen LogP contribution in [-0.4, -0.2) is 58.7 Å². The van der Waals surface area contributed by atoms with Crippen LogP contribution in [0.2, 0.25) is 0 Å². The minimum atomic E-state index is -0.362. The summed E-state index contributed by atoms with van der Waals surface area (Å²) in [7, 11) is 0. The Morgan fingerprint density at radius 3 is 2.18 bits per heavy atom. The molecular formula is C21H24N4O3. The second-order valence-corrected chi connectivity index (χ2v) is 6.96. The molecule has 7 heteroatoms. The number of nitrogens with zero attached hydrogens (tertiary/aromatic N) is 3. The summed E-state index contributed by atoms with van der Waals surface area (Å²) in [6.07, 6.45) is 0. The maximum Gasteiger partial charge on any atom is 0.274 e. The fourth-order valence-corrected chi connectivity index (χ4v) is 3.08. The maximum absolute atomic E-state index is 12.7. The van der Waals surface area contributed by atoms with Gasteiger partial charge in [-0.15, -0.1) is 0 Å². The number of aromatic nitrogens is 1. The topological polar surface area (TPSA) is 82.6 Å². The predicted molar refractivity (Wildman–Crippen MR) is 106 cm³/mol. The average Bonchev–Trinajstić information content (AvgIpc) is 2.70. The summed E-state index contributed by atoms with van der Waals surface area (Å²) in [5, 5.41) is 2.82. The van der Waals surface area contributed by atoms with Crippen LogP contribution in [0.3, 0.4) is 0 Å². The van der Waals surface area contributed by atoms with Crippen molar-refractivity contribution in [2.24, 2.45) is 0 Å². The van der Waals surface area contributed by atoms with Gasteiger partial charge in [-0.2, -0.15) is 0 Å². The third kappa shape index (κ3) is 4.36. The van der Waals surface area contributed by atoms with Crippen LogP contribution in [0.5, 0.6) is 0 Å². The Balaban J connectivity index is 1.69. The molecule has 1 N–H and O–H groups in total. The molecule has 2 aromatic rings. The molecule has 3 amide bonds. The van der Waals surface area contributed by atoms with Crippen molar-refractivity contribution < 1.29 is 14.4 Å². The first-order valence-corrected chi connectivity index (χ1v) is 9.25. The van der Waals surface area contributed by atoms with Gasteiger partial charge in [0.2, 0.25) is 5.91 Å². The van der Waals surface area contributed by atoms with E-state index in [2.05, 4.69) is 10.3 Å². The predicted octanol–water partition coefficient (Wildman–Crippen LogP) is 2.26. The van der Waals surface area contributed by atoms with E-state index in [0.29, 0.717) is 31.9 Å². The number of rotatable bonds is 3. The second kappa shape index (κ2) is 8.21. The maximum atomic E-state index is 12.7. The molecule has 1 aliphatic rings. The van der Waals surface area contributed by atoms with Crippen LogP contribution in [0.4, 0.5) is 5.69 Å². The Morgan fingerprint density at radius 1 is 0.893 bits per heavy atom. The first kappa shape index (κ1) is 19.5. The molecule has 1 fully saturated rings. The lowest BCUT2D eigenvalue weighted by Crippen LogP contribution is -2.50. The fourth-order valence-electron chi connectivity index (χ4n) is 3.08. The smallest absolute Gasteiger partial charge is 0.274 e. The van der Waals surface area contributed by atoms with E-state index in [-0.39, 0.29) is 29.1 Å². The third-order valence-electron chi connectivity index (χ3n) is 4.98. The van der Waals surface area contributed by atoms with Gasteiger partial charge in [-0.05, 0) is 49.2 Å². The van der Waals surface area contributed by atoms with Gasteiger partial charge < -0.3 is 15.1 Å². The van der Waals surface area contributed by atoms with Gasteiger partial charge in [-0.25, -0.2) is 4.98 Å². The molecule has 0 aliphatic carbocycles. The summed E-state index contributed by atoms with van der Waals surface area (Å²) in [6, 6.07) is 10.5. The van der Waals surface area contributed by atoms with Gasteiger partial charge in [-0.1, -0.05) is 12.1 Å². The number of carbonyl (C=O) groups excluding carboxylic acids is 3. The molecule has 28 heavy (non-hydrogen) atoms. The first-order valence-electron chi connectivity index (χ1n) is 9.25. The lowest BCUT2D eigenvalue weighted by Gasteiger charge is -2.34. The Morgan fingerprint density at radius 2 is 1.54 bits per heavy atom. The molecule has 0 radical (unpaired) electrons. The molecular weight excluding hydrogens is 356 g/mol. The number of hydrogen-bond donors (Lipinski definition) is 1. The molecule has 2 heterocycles. The van der Waals surface area contributed by atoms with Gasteiger partial charge in [0.1, 0.15) is 11.4 Å². The number of hydrogen-bond acceptors (Lipinski definition) is 4. The van der Waals surface area contributed by atoms with Crippen LogP contribution in [0.25, 0.3) is 0 Å². The Kier molecular flexibility index (Phi) is 5.73. The van der Waals surface area contributed by atoms with E-state index in [1.54, 1.807) is 28.0 Å². The van der Waals surface area contributed by atoms with Gasteiger partial charge in [0.25, 0.3) is 11.8 Å². The molecule has 7 nitrogen and oxygen atoms in total. The number of pyridine rings is 1. The van der Waals surface area contributed by atoms with Crippen LogP contribution < -0.4 is 5.32 Å². The van der Waals surface area contributed by atoms with Crippen LogP contribution in [0.1, 0.15) is 39.0 Å². The third-order valence-corrected chi connectivity index (χ3v) is 4.98. The zero-order valence-electron chi connectivity index (χ0n) is 16.4. The molecule has 0 saturated carbocycles. The standard InChI is InChI=1S/C21H24N4O3/c1-14-7-8-17(13-15(14)2)22-20(27)18-5-4-6-19(23-18)21(28)25-11-9-24(10-12-25)16(3)26/h4-8,13H,9-12H2,1-3H3,(H,22,27). The van der Waals surface area contributed by atoms with Crippen molar-refractivity contribution in [1.82, 2.24) is 14.8 Å². The second-order valence-electron chi connectivity index (χ2n) is 6.96. The van der Waals surface area contributed by atoms with Crippen LogP contribution in [-0.2, 0) is 4.79 Å². The van der Waals surface area contributed by atoms with Crippen molar-refractivity contribution in [3.05, 3.63) is 58.9 Å². The quantitative estimate of drug-likeness (QED) is 0.885. The average molecular weight is 380 g/mol. The lowest BCUT2D eigenvalue weighted by atomic mass is 10.1. The zero-order valence-corrected chi connectivity index (χ0v) is 16.4. The van der Waals surface area contributed by atoms with Gasteiger partial charge in [0, 0.05) is 38.8 Å². The van der Waals surface area contributed by atoms with Gasteiger partial charge >= 0.3 is 0 Å². The van der Waals surface area contributed by atoms with Gasteiger partial charge in [0.15, 0.2) is 0 Å². The van der Waals surface area contributed by atoms with Crippen molar-refractivity contribution in [3.63, 3.8) is 0 Å². The van der Waals surface area contributed by atoms with E-state index in [0.717, 1.165) is 11.1 Å². The molecule has 0 atom stereocenters. The number of piperazine rings is 1. The normalized spacial score (nSPS) is 14.0. The minimum absolute atomic E-state index is 0.00948. The van der Waals surface area contributed by atoms with Crippen LogP contribution >= 0.6 is 0 Å². The molecule has 0 spiro atoms. The molecule has 146 valence electrons. The van der Waals surface area contributed by atoms with E-state index in [1.165, 1.54) is 6.92 Å². The summed E-state index contributed by atoms with van der Waals surface area (Å²) in [5.74, 6) is -0.585. The van der Waals surface area contributed by atoms with E-state index >= 15 is 0 Å². The molecule has 1 aromatic carbocycles. The molecule has 3 rings (SSSR count). The van der Waals surface area contributed by atoms with Crippen LogP contribution in [0.15, 0.2) is 36.4 Å². The zero-order chi connectivity index (χ0) is 20.3. The van der Waals surface area contributed by atoms with E-state index in [9.17, 15) is 14.4 Å². The first-order chi connectivity index (χ1) is 13.3. The number of amides is 3. The summed E-state index contributed by atoms with van der Waals surface area (Å²) < 4.78 is 0. The van der Waals surface area contributed by atoms with Crippen LogP contribution in [0, 0.1) is 13.8 Å². The van der Waals surface area contributed by atoms with Crippen molar-refractivity contribution >= 4 is 23.4 Å². The van der Waals surface area contributed by atoms with E-state index < -0.39 is 0 Å². The number of nitrogens with one attached hydrogen (secondary N) is 1. The van der Waals surface area contributed by atoms with Gasteiger partial charge in [0.05, 0.1) is 0 Å². The SMILES string of the molecule is CC(=O)N1CCN(C(=O)c2cccc(C(=O)Nc3ccc(C)c(C)c3)n2)CC1. The Hall–Kier alpha value is -3.22. The van der Waals surface area contributed by atoms with Crippen molar-refractivity contribution in [2.45, 2.75) is 20.8 Å². The number of benzene rings is 1. The van der Waals surface area contributed by atoms with Crippen molar-refractivity contribution in [1.29, 1.82) is 0 Å². The van der Waals surface area contributed by atoms with Gasteiger partial charge in [-0.3, -0.25) is 14.4 Å². The lowest BCUT2D eigenvalue weighted by molar-refractivity contribution is -0.130. The largest absolute Gasteiger partial charge is 0.339 e. The van der Waals surface area contributed by atoms with Crippen molar-refractivity contribution in [3.8, 4) is 0 Å².